The third kappa shape index (κ3) is 4.78. The molecule has 1 aromatic heterocycles. The van der Waals surface area contributed by atoms with E-state index in [2.05, 4.69) is 14.9 Å². The van der Waals surface area contributed by atoms with Crippen LogP contribution in [0.5, 0.6) is 11.5 Å². The smallest absolute Gasteiger partial charge is 0.481 e. The molecule has 1 amide bonds. The van der Waals surface area contributed by atoms with Crippen LogP contribution in [0.1, 0.15) is 16.2 Å². The quantitative estimate of drug-likeness (QED) is 0.618. The van der Waals surface area contributed by atoms with Crippen LogP contribution in [0.4, 0.5) is 22.0 Å². The topological polar surface area (TPSA) is 100 Å². The Kier molecular flexibility index (Phi) is 5.35. The number of aromatic nitrogens is 2. The van der Waals surface area contributed by atoms with Crippen molar-refractivity contribution in [1.29, 1.82) is 0 Å². The Morgan fingerprint density at radius 1 is 1.10 bits per heavy atom. The van der Waals surface area contributed by atoms with E-state index in [0.29, 0.717) is 5.56 Å². The predicted octanol–water partition coefficient (Wildman–Crippen LogP) is 3.59. The maximum atomic E-state index is 14.1. The summed E-state index contributed by atoms with van der Waals surface area (Å²) < 4.78 is 77.8. The normalized spacial score (nSPS) is 11.3. The highest BCUT2D eigenvalue weighted by Crippen LogP contribution is 2.26. The number of benzene rings is 2. The van der Waals surface area contributed by atoms with Gasteiger partial charge in [0.2, 0.25) is 5.82 Å². The fourth-order valence-electron chi connectivity index (χ4n) is 2.25. The Hall–Kier alpha value is -3.70. The van der Waals surface area contributed by atoms with E-state index in [0.717, 1.165) is 24.3 Å². The number of nitrogens with zero attached hydrogens (tertiary/aromatic N) is 2. The lowest BCUT2D eigenvalue weighted by atomic mass is 10.1. The van der Waals surface area contributed by atoms with Gasteiger partial charge in [0.15, 0.2) is 18.2 Å². The molecule has 152 valence electrons. The van der Waals surface area contributed by atoms with E-state index in [4.69, 9.17) is 15.0 Å². The first kappa shape index (κ1) is 20.0. The number of alkyl halides is 3. The van der Waals surface area contributed by atoms with E-state index in [-0.39, 0.29) is 11.7 Å². The second-order valence-corrected chi connectivity index (χ2v) is 5.47. The zero-order chi connectivity index (χ0) is 21.2. The zero-order valence-electron chi connectivity index (χ0n) is 14.2. The molecule has 0 saturated heterocycles. The van der Waals surface area contributed by atoms with Gasteiger partial charge in [-0.05, 0) is 36.4 Å². The minimum atomic E-state index is -4.82. The van der Waals surface area contributed by atoms with E-state index >= 15 is 0 Å². The van der Waals surface area contributed by atoms with Gasteiger partial charge in [0.1, 0.15) is 17.1 Å². The van der Waals surface area contributed by atoms with Crippen molar-refractivity contribution < 1.29 is 40.7 Å². The molecule has 0 saturated carbocycles. The number of nitrogens with two attached hydrogens (primary N) is 1. The van der Waals surface area contributed by atoms with Crippen molar-refractivity contribution in [3.8, 4) is 22.9 Å². The standard InChI is InChI=1S/C17H10F5N3O4/c18-10-5-6-11(14(19)13(10)15(23)26)27-7-12-24-16(25-29-12)8-1-3-9(4-2-8)28-17(20,21)22/h1-6H,7H2,(H2,23,26). The van der Waals surface area contributed by atoms with Gasteiger partial charge in [-0.25, -0.2) is 8.78 Å². The second kappa shape index (κ2) is 7.73. The Morgan fingerprint density at radius 2 is 1.79 bits per heavy atom. The molecule has 29 heavy (non-hydrogen) atoms. The molecule has 0 unspecified atom stereocenters. The van der Waals surface area contributed by atoms with Crippen LogP contribution in [0.25, 0.3) is 11.4 Å². The maximum Gasteiger partial charge on any atom is 0.573 e. The van der Waals surface area contributed by atoms with Crippen molar-refractivity contribution in [2.45, 2.75) is 13.0 Å². The summed E-state index contributed by atoms with van der Waals surface area (Å²) in [5.41, 5.74) is 4.29. The Labute approximate surface area is 158 Å². The summed E-state index contributed by atoms with van der Waals surface area (Å²) >= 11 is 0. The minimum absolute atomic E-state index is 0.0274. The van der Waals surface area contributed by atoms with E-state index in [1.54, 1.807) is 0 Å². The van der Waals surface area contributed by atoms with Crippen molar-refractivity contribution in [2.24, 2.45) is 5.73 Å². The summed E-state index contributed by atoms with van der Waals surface area (Å²) in [5.74, 6) is -4.69. The number of hydrogen-bond donors (Lipinski definition) is 1. The van der Waals surface area contributed by atoms with E-state index in [9.17, 15) is 26.7 Å². The number of ether oxygens (including phenoxy) is 2. The summed E-state index contributed by atoms with van der Waals surface area (Å²) in [6.45, 7) is -0.428. The maximum absolute atomic E-state index is 14.1. The predicted molar refractivity (Wildman–Crippen MR) is 85.6 cm³/mol. The van der Waals surface area contributed by atoms with Crippen LogP contribution in [0.3, 0.4) is 0 Å². The third-order valence-corrected chi connectivity index (χ3v) is 3.47. The van der Waals surface area contributed by atoms with Crippen LogP contribution in [0.15, 0.2) is 40.9 Å². The lowest BCUT2D eigenvalue weighted by Crippen LogP contribution is -2.16. The summed E-state index contributed by atoms with van der Waals surface area (Å²) in [6, 6.07) is 6.43. The molecule has 3 aromatic rings. The van der Waals surface area contributed by atoms with Gasteiger partial charge in [0, 0.05) is 5.56 Å². The molecule has 0 radical (unpaired) electrons. The molecule has 0 fully saturated rings. The van der Waals surface area contributed by atoms with Gasteiger partial charge in [0.25, 0.3) is 11.8 Å². The van der Waals surface area contributed by atoms with Crippen LogP contribution in [0.2, 0.25) is 0 Å². The summed E-state index contributed by atoms with van der Waals surface area (Å²) in [6.07, 6.45) is -4.82. The summed E-state index contributed by atoms with van der Waals surface area (Å²) in [5, 5.41) is 3.63. The van der Waals surface area contributed by atoms with Crippen LogP contribution < -0.4 is 15.2 Å². The number of rotatable bonds is 6. The highest BCUT2D eigenvalue weighted by atomic mass is 19.4. The van der Waals surface area contributed by atoms with Crippen LogP contribution in [0, 0.1) is 11.6 Å². The van der Waals surface area contributed by atoms with Crippen molar-refractivity contribution in [2.75, 3.05) is 0 Å². The fourth-order valence-corrected chi connectivity index (χ4v) is 2.25. The molecule has 0 bridgehead atoms. The van der Waals surface area contributed by atoms with Crippen LogP contribution >= 0.6 is 0 Å². The monoisotopic (exact) mass is 415 g/mol. The van der Waals surface area contributed by atoms with Crippen LogP contribution in [-0.4, -0.2) is 22.4 Å². The average Bonchev–Trinajstić information content (AvgIpc) is 3.09. The molecule has 1 heterocycles. The fraction of sp³-hybridized carbons (Fsp3) is 0.118. The number of carbonyl (C=O) groups is 1. The molecule has 0 aliphatic heterocycles. The number of halogens is 5. The molecule has 2 aromatic carbocycles. The minimum Gasteiger partial charge on any atom is -0.481 e. The van der Waals surface area contributed by atoms with Crippen molar-refractivity contribution in [3.05, 3.63) is 59.5 Å². The summed E-state index contributed by atoms with van der Waals surface area (Å²) in [7, 11) is 0. The van der Waals surface area contributed by atoms with E-state index < -0.39 is 47.6 Å². The Morgan fingerprint density at radius 3 is 2.41 bits per heavy atom. The first-order chi connectivity index (χ1) is 13.6. The molecule has 2 N–H and O–H groups in total. The largest absolute Gasteiger partial charge is 0.573 e. The number of hydrogen-bond acceptors (Lipinski definition) is 6. The third-order valence-electron chi connectivity index (χ3n) is 3.47. The molecular formula is C17H10F5N3O4. The SMILES string of the molecule is NC(=O)c1c(F)ccc(OCc2nc(-c3ccc(OC(F)(F)F)cc3)no2)c1F. The highest BCUT2D eigenvalue weighted by Gasteiger charge is 2.31. The van der Waals surface area contributed by atoms with Crippen LogP contribution in [-0.2, 0) is 6.61 Å². The van der Waals surface area contributed by atoms with E-state index in [1.807, 2.05) is 0 Å². The molecule has 0 aliphatic carbocycles. The lowest BCUT2D eigenvalue weighted by molar-refractivity contribution is -0.274. The lowest BCUT2D eigenvalue weighted by Gasteiger charge is -2.08. The van der Waals surface area contributed by atoms with Gasteiger partial charge >= 0.3 is 6.36 Å². The van der Waals surface area contributed by atoms with Gasteiger partial charge in [-0.3, -0.25) is 4.79 Å². The molecule has 12 heteroatoms. The average molecular weight is 415 g/mol. The number of carbonyl (C=O) groups excluding carboxylic acids is 1. The van der Waals surface area contributed by atoms with Crippen molar-refractivity contribution >= 4 is 5.91 Å². The van der Waals surface area contributed by atoms with Gasteiger partial charge in [-0.1, -0.05) is 5.16 Å². The van der Waals surface area contributed by atoms with Gasteiger partial charge in [-0.15, -0.1) is 13.2 Å². The van der Waals surface area contributed by atoms with Gasteiger partial charge in [-0.2, -0.15) is 4.98 Å². The molecule has 3 rings (SSSR count). The highest BCUT2D eigenvalue weighted by molar-refractivity contribution is 5.93. The number of amides is 1. The molecular weight excluding hydrogens is 405 g/mol. The van der Waals surface area contributed by atoms with Gasteiger partial charge in [0.05, 0.1) is 0 Å². The Bertz CT molecular complexity index is 1030. The molecule has 7 nitrogen and oxygen atoms in total. The molecule has 0 atom stereocenters. The molecule has 0 aliphatic rings. The zero-order valence-corrected chi connectivity index (χ0v) is 14.2. The Balaban J connectivity index is 1.70. The first-order valence-electron chi connectivity index (χ1n) is 7.73. The first-order valence-corrected chi connectivity index (χ1v) is 7.73. The second-order valence-electron chi connectivity index (χ2n) is 5.47. The van der Waals surface area contributed by atoms with Crippen molar-refractivity contribution in [1.82, 2.24) is 10.1 Å². The van der Waals surface area contributed by atoms with Crippen molar-refractivity contribution in [3.63, 3.8) is 0 Å². The van der Waals surface area contributed by atoms with Gasteiger partial charge < -0.3 is 19.7 Å². The summed E-state index contributed by atoms with van der Waals surface area (Å²) in [4.78, 5) is 15.1. The number of primary amides is 1. The van der Waals surface area contributed by atoms with E-state index in [1.165, 1.54) is 12.1 Å². The molecule has 0 spiro atoms.